The second-order valence-corrected chi connectivity index (χ2v) is 6.99. The van der Waals surface area contributed by atoms with E-state index < -0.39 is 0 Å². The number of halogens is 2. The minimum atomic E-state index is 0. The van der Waals surface area contributed by atoms with Crippen LogP contribution < -0.4 is 15.4 Å². The van der Waals surface area contributed by atoms with Crippen molar-refractivity contribution in [1.29, 1.82) is 0 Å². The van der Waals surface area contributed by atoms with E-state index in [9.17, 15) is 0 Å². The van der Waals surface area contributed by atoms with E-state index in [1.165, 1.54) is 0 Å². The maximum atomic E-state index is 5.84. The number of aromatic nitrogens is 1. The maximum absolute atomic E-state index is 5.84. The molecular formula is C21H31ClIN5O. The lowest BCUT2D eigenvalue weighted by Crippen LogP contribution is -2.39. The van der Waals surface area contributed by atoms with Crippen molar-refractivity contribution in [1.82, 2.24) is 20.5 Å². The van der Waals surface area contributed by atoms with Crippen molar-refractivity contribution in [3.8, 4) is 5.75 Å². The molecule has 0 saturated heterocycles. The van der Waals surface area contributed by atoms with Gasteiger partial charge < -0.3 is 20.3 Å². The van der Waals surface area contributed by atoms with E-state index in [-0.39, 0.29) is 30.0 Å². The maximum Gasteiger partial charge on any atom is 0.191 e. The van der Waals surface area contributed by atoms with Crippen LogP contribution in [0.2, 0.25) is 5.15 Å². The van der Waals surface area contributed by atoms with Crippen molar-refractivity contribution in [2.75, 3.05) is 40.8 Å². The molecule has 0 fully saturated rings. The van der Waals surface area contributed by atoms with E-state index in [1.54, 1.807) is 13.3 Å². The summed E-state index contributed by atoms with van der Waals surface area (Å²) >= 11 is 5.84. The van der Waals surface area contributed by atoms with Crippen LogP contribution in [0, 0.1) is 0 Å². The number of benzene rings is 1. The first-order chi connectivity index (χ1) is 13.5. The van der Waals surface area contributed by atoms with Gasteiger partial charge in [0, 0.05) is 24.8 Å². The zero-order chi connectivity index (χ0) is 20.4. The molecule has 1 aromatic carbocycles. The Labute approximate surface area is 196 Å². The first-order valence-corrected chi connectivity index (χ1v) is 9.84. The number of pyridine rings is 1. The monoisotopic (exact) mass is 531 g/mol. The highest BCUT2D eigenvalue weighted by molar-refractivity contribution is 14.0. The summed E-state index contributed by atoms with van der Waals surface area (Å²) in [5.41, 5.74) is 2.26. The molecule has 6 nitrogen and oxygen atoms in total. The third kappa shape index (κ3) is 8.36. The average Bonchev–Trinajstić information content (AvgIpc) is 2.69. The van der Waals surface area contributed by atoms with Crippen molar-refractivity contribution in [3.05, 3.63) is 58.9 Å². The molecule has 0 aliphatic heterocycles. The first kappa shape index (κ1) is 25.5. The van der Waals surface area contributed by atoms with E-state index in [4.69, 9.17) is 21.3 Å². The molecule has 0 aliphatic rings. The third-order valence-corrected chi connectivity index (χ3v) is 4.61. The Morgan fingerprint density at radius 2 is 1.97 bits per heavy atom. The summed E-state index contributed by atoms with van der Waals surface area (Å²) in [5.74, 6) is 1.68. The lowest BCUT2D eigenvalue weighted by atomic mass is 10.0. The van der Waals surface area contributed by atoms with Crippen LogP contribution in [0.4, 0.5) is 0 Å². The molecular weight excluding hydrogens is 501 g/mol. The molecule has 8 heteroatoms. The predicted molar refractivity (Wildman–Crippen MR) is 132 cm³/mol. The lowest BCUT2D eigenvalue weighted by Gasteiger charge is -2.25. The predicted octanol–water partition coefficient (Wildman–Crippen LogP) is 3.76. The zero-order valence-electron chi connectivity index (χ0n) is 17.5. The summed E-state index contributed by atoms with van der Waals surface area (Å²) < 4.78 is 5.53. The fourth-order valence-corrected chi connectivity index (χ4v) is 2.99. The van der Waals surface area contributed by atoms with Crippen molar-refractivity contribution in [2.45, 2.75) is 19.4 Å². The number of aliphatic imine (C=N–C) groups is 1. The molecule has 0 saturated carbocycles. The second kappa shape index (κ2) is 13.6. The van der Waals surface area contributed by atoms with Crippen LogP contribution in [0.25, 0.3) is 0 Å². The topological polar surface area (TPSA) is 61.8 Å². The summed E-state index contributed by atoms with van der Waals surface area (Å²) in [7, 11) is 5.81. The second-order valence-electron chi connectivity index (χ2n) is 6.61. The summed E-state index contributed by atoms with van der Waals surface area (Å²) in [6.07, 6.45) is 2.65. The van der Waals surface area contributed by atoms with Crippen LogP contribution in [0.15, 0.2) is 47.6 Å². The molecule has 1 heterocycles. The Balaban J connectivity index is 0.00000420. The van der Waals surface area contributed by atoms with Gasteiger partial charge in [-0.1, -0.05) is 35.9 Å². The highest BCUT2D eigenvalue weighted by atomic mass is 127. The lowest BCUT2D eigenvalue weighted by molar-refractivity contribution is 0.295. The smallest absolute Gasteiger partial charge is 0.191 e. The van der Waals surface area contributed by atoms with Gasteiger partial charge in [0.2, 0.25) is 0 Å². The summed E-state index contributed by atoms with van der Waals surface area (Å²) in [5, 5.41) is 7.20. The molecule has 1 aromatic heterocycles. The van der Waals surface area contributed by atoms with Gasteiger partial charge in [0.05, 0.1) is 19.7 Å². The minimum absolute atomic E-state index is 0. The molecule has 29 heavy (non-hydrogen) atoms. The van der Waals surface area contributed by atoms with Crippen molar-refractivity contribution < 1.29 is 4.74 Å². The van der Waals surface area contributed by atoms with Crippen molar-refractivity contribution >= 4 is 41.5 Å². The SMILES string of the molecule is CCNC(=NCC(c1ccccc1OC)N(C)C)NCCc1ccc(Cl)nc1.I. The molecule has 1 atom stereocenters. The van der Waals surface area contributed by atoms with Gasteiger partial charge in [-0.15, -0.1) is 24.0 Å². The Kier molecular flexibility index (Phi) is 11.9. The molecule has 0 bridgehead atoms. The van der Waals surface area contributed by atoms with Gasteiger partial charge in [-0.3, -0.25) is 4.99 Å². The third-order valence-electron chi connectivity index (χ3n) is 4.38. The van der Waals surface area contributed by atoms with Crippen LogP contribution in [0.5, 0.6) is 5.75 Å². The van der Waals surface area contributed by atoms with Gasteiger partial charge in [-0.25, -0.2) is 4.98 Å². The van der Waals surface area contributed by atoms with E-state index in [1.807, 2.05) is 30.3 Å². The average molecular weight is 532 g/mol. The van der Waals surface area contributed by atoms with Gasteiger partial charge in [-0.05, 0) is 45.1 Å². The van der Waals surface area contributed by atoms with Crippen molar-refractivity contribution in [3.63, 3.8) is 0 Å². The quantitative estimate of drug-likeness (QED) is 0.223. The number of hydrogen-bond acceptors (Lipinski definition) is 4. The van der Waals surface area contributed by atoms with Gasteiger partial charge >= 0.3 is 0 Å². The fourth-order valence-electron chi connectivity index (χ4n) is 2.88. The van der Waals surface area contributed by atoms with E-state index in [2.05, 4.69) is 47.6 Å². The number of rotatable bonds is 9. The molecule has 0 aliphatic carbocycles. The number of nitrogens with one attached hydrogen (secondary N) is 2. The summed E-state index contributed by atoms with van der Waals surface area (Å²) in [6, 6.07) is 12.0. The molecule has 0 amide bonds. The number of guanidine groups is 1. The molecule has 160 valence electrons. The highest BCUT2D eigenvalue weighted by Gasteiger charge is 2.18. The highest BCUT2D eigenvalue weighted by Crippen LogP contribution is 2.28. The normalized spacial score (nSPS) is 12.3. The van der Waals surface area contributed by atoms with Crippen LogP contribution in [-0.4, -0.2) is 56.7 Å². The number of likely N-dealkylation sites (N-methyl/N-ethyl adjacent to an activating group) is 1. The molecule has 0 spiro atoms. The van der Waals surface area contributed by atoms with Crippen molar-refractivity contribution in [2.24, 2.45) is 4.99 Å². The van der Waals surface area contributed by atoms with Crippen LogP contribution in [-0.2, 0) is 6.42 Å². The van der Waals surface area contributed by atoms with Crippen LogP contribution >= 0.6 is 35.6 Å². The number of ether oxygens (including phenoxy) is 1. The minimum Gasteiger partial charge on any atom is -0.496 e. The standard InChI is InChI=1S/C21H30ClN5O.HI/c1-5-23-21(24-13-12-16-10-11-20(22)25-14-16)26-15-18(27(2)3)17-8-6-7-9-19(17)28-4;/h6-11,14,18H,5,12-13,15H2,1-4H3,(H2,23,24,26);1H. The number of hydrogen-bond donors (Lipinski definition) is 2. The fraction of sp³-hybridized carbons (Fsp3) is 0.429. The zero-order valence-corrected chi connectivity index (χ0v) is 20.6. The number of para-hydroxylation sites is 1. The van der Waals surface area contributed by atoms with E-state index in [0.29, 0.717) is 11.7 Å². The first-order valence-electron chi connectivity index (χ1n) is 9.47. The van der Waals surface area contributed by atoms with Crippen LogP contribution in [0.3, 0.4) is 0 Å². The van der Waals surface area contributed by atoms with Gasteiger partial charge in [0.1, 0.15) is 10.9 Å². The summed E-state index contributed by atoms with van der Waals surface area (Å²) in [6.45, 7) is 4.24. The van der Waals surface area contributed by atoms with Gasteiger partial charge in [0.15, 0.2) is 5.96 Å². The molecule has 2 rings (SSSR count). The Morgan fingerprint density at radius 1 is 1.21 bits per heavy atom. The molecule has 2 N–H and O–H groups in total. The number of methoxy groups -OCH3 is 1. The Bertz CT molecular complexity index is 755. The molecule has 1 unspecified atom stereocenters. The Morgan fingerprint density at radius 3 is 2.59 bits per heavy atom. The van der Waals surface area contributed by atoms with Crippen LogP contribution in [0.1, 0.15) is 24.1 Å². The summed E-state index contributed by atoms with van der Waals surface area (Å²) in [4.78, 5) is 11.1. The van der Waals surface area contributed by atoms with E-state index in [0.717, 1.165) is 42.3 Å². The largest absolute Gasteiger partial charge is 0.496 e. The van der Waals surface area contributed by atoms with Gasteiger partial charge in [0.25, 0.3) is 0 Å². The molecule has 0 radical (unpaired) electrons. The van der Waals surface area contributed by atoms with E-state index >= 15 is 0 Å². The number of nitrogens with zero attached hydrogens (tertiary/aromatic N) is 3. The van der Waals surface area contributed by atoms with Gasteiger partial charge in [-0.2, -0.15) is 0 Å². The Hall–Kier alpha value is -1.58. The molecule has 2 aromatic rings.